The minimum Gasteiger partial charge on any atom is -0.496 e. The summed E-state index contributed by atoms with van der Waals surface area (Å²) in [5, 5.41) is 2.92. The molecule has 1 saturated heterocycles. The third kappa shape index (κ3) is 4.63. The van der Waals surface area contributed by atoms with Gasteiger partial charge < -0.3 is 19.9 Å². The molecule has 2 heterocycles. The number of carbonyl (C=O) groups is 2. The van der Waals surface area contributed by atoms with E-state index in [1.54, 1.807) is 19.1 Å². The molecule has 6 nitrogen and oxygen atoms in total. The molecule has 0 unspecified atom stereocenters. The number of thioether (sulfide) groups is 1. The molecule has 7 heteroatoms. The predicted molar refractivity (Wildman–Crippen MR) is 130 cm³/mol. The summed E-state index contributed by atoms with van der Waals surface area (Å²) >= 11 is 1.48. The van der Waals surface area contributed by atoms with Crippen LogP contribution in [-0.2, 0) is 9.53 Å². The van der Waals surface area contributed by atoms with Gasteiger partial charge in [-0.05, 0) is 50.1 Å². The van der Waals surface area contributed by atoms with Crippen LogP contribution in [0, 0.1) is 13.8 Å². The number of allylic oxidation sites excluding steroid dienone is 1. The summed E-state index contributed by atoms with van der Waals surface area (Å²) in [6.07, 6.45) is 0. The molecule has 0 bridgehead atoms. The summed E-state index contributed by atoms with van der Waals surface area (Å²) in [6.45, 7) is 9.53. The number of para-hydroxylation sites is 1. The molecule has 0 spiro atoms. The molecule has 0 atom stereocenters. The number of amides is 2. The Labute approximate surface area is 193 Å². The van der Waals surface area contributed by atoms with E-state index in [4.69, 9.17) is 4.74 Å². The van der Waals surface area contributed by atoms with Gasteiger partial charge in [0.2, 0.25) is 0 Å². The SMILES string of the molecule is CC1=C(C(=O)Nc2ccccc2C(=O)N2CCN(c3cccc(C)c3C)CC2)SCCO1. The van der Waals surface area contributed by atoms with E-state index in [0.717, 1.165) is 18.8 Å². The monoisotopic (exact) mass is 451 g/mol. The lowest BCUT2D eigenvalue weighted by Crippen LogP contribution is -2.49. The quantitative estimate of drug-likeness (QED) is 0.755. The maximum absolute atomic E-state index is 13.3. The Morgan fingerprint density at radius 1 is 0.969 bits per heavy atom. The van der Waals surface area contributed by atoms with Crippen LogP contribution in [0.3, 0.4) is 0 Å². The van der Waals surface area contributed by atoms with Gasteiger partial charge in [0.1, 0.15) is 10.7 Å². The first kappa shape index (κ1) is 22.3. The fourth-order valence-corrected chi connectivity index (χ4v) is 4.90. The molecule has 2 amide bonds. The molecule has 2 aliphatic rings. The Bertz CT molecular complexity index is 1060. The van der Waals surface area contributed by atoms with Gasteiger partial charge in [0.25, 0.3) is 11.8 Å². The summed E-state index contributed by atoms with van der Waals surface area (Å²) in [6, 6.07) is 13.6. The van der Waals surface area contributed by atoms with Crippen molar-refractivity contribution in [2.75, 3.05) is 48.8 Å². The highest BCUT2D eigenvalue weighted by molar-refractivity contribution is 8.04. The number of aryl methyl sites for hydroxylation is 1. The summed E-state index contributed by atoms with van der Waals surface area (Å²) in [4.78, 5) is 30.9. The molecule has 32 heavy (non-hydrogen) atoms. The number of nitrogens with zero attached hydrogens (tertiary/aromatic N) is 2. The molecular formula is C25H29N3O3S. The lowest BCUT2D eigenvalue weighted by molar-refractivity contribution is -0.112. The van der Waals surface area contributed by atoms with Gasteiger partial charge in [-0.15, -0.1) is 11.8 Å². The second-order valence-electron chi connectivity index (χ2n) is 8.08. The van der Waals surface area contributed by atoms with Gasteiger partial charge >= 0.3 is 0 Å². The first-order valence-corrected chi connectivity index (χ1v) is 11.9. The maximum Gasteiger partial charge on any atom is 0.265 e. The Morgan fingerprint density at radius 3 is 2.47 bits per heavy atom. The van der Waals surface area contributed by atoms with Crippen LogP contribution in [0.4, 0.5) is 11.4 Å². The van der Waals surface area contributed by atoms with Crippen molar-refractivity contribution in [3.63, 3.8) is 0 Å². The van der Waals surface area contributed by atoms with Crippen molar-refractivity contribution in [3.05, 3.63) is 69.8 Å². The number of ether oxygens (including phenoxy) is 1. The molecule has 2 aliphatic heterocycles. The molecule has 168 valence electrons. The number of benzene rings is 2. The van der Waals surface area contributed by atoms with E-state index < -0.39 is 0 Å². The van der Waals surface area contributed by atoms with E-state index in [1.165, 1.54) is 28.6 Å². The van der Waals surface area contributed by atoms with Gasteiger partial charge in [-0.3, -0.25) is 9.59 Å². The first-order chi connectivity index (χ1) is 15.5. The summed E-state index contributed by atoms with van der Waals surface area (Å²) in [7, 11) is 0. The molecule has 4 rings (SSSR count). The zero-order valence-corrected chi connectivity index (χ0v) is 19.6. The minimum atomic E-state index is -0.229. The van der Waals surface area contributed by atoms with Crippen LogP contribution >= 0.6 is 11.8 Å². The number of piperazine rings is 1. The van der Waals surface area contributed by atoms with Crippen LogP contribution in [0.15, 0.2) is 53.1 Å². The molecule has 2 aromatic rings. The van der Waals surface area contributed by atoms with E-state index in [0.29, 0.717) is 41.6 Å². The highest BCUT2D eigenvalue weighted by atomic mass is 32.2. The van der Waals surface area contributed by atoms with Crippen molar-refractivity contribution in [2.24, 2.45) is 0 Å². The lowest BCUT2D eigenvalue weighted by Gasteiger charge is -2.37. The average Bonchev–Trinajstić information content (AvgIpc) is 2.81. The Balaban J connectivity index is 1.45. The van der Waals surface area contributed by atoms with E-state index >= 15 is 0 Å². The fourth-order valence-electron chi connectivity index (χ4n) is 4.09. The van der Waals surface area contributed by atoms with E-state index in [1.807, 2.05) is 17.0 Å². The second kappa shape index (κ2) is 9.69. The molecule has 0 aromatic heterocycles. The first-order valence-electron chi connectivity index (χ1n) is 10.9. The third-order valence-corrected chi connectivity index (χ3v) is 7.20. The second-order valence-corrected chi connectivity index (χ2v) is 9.19. The number of hydrogen-bond donors (Lipinski definition) is 1. The number of rotatable bonds is 4. The standard InChI is InChI=1S/C25H29N3O3S/c1-17-7-6-10-22(18(17)2)27-11-13-28(14-12-27)25(30)20-8-4-5-9-21(20)26-24(29)23-19(3)31-15-16-32-23/h4-10H,11-16H2,1-3H3,(H,26,29). The van der Waals surface area contributed by atoms with Crippen molar-refractivity contribution in [3.8, 4) is 0 Å². The third-order valence-electron chi connectivity index (χ3n) is 6.06. The van der Waals surface area contributed by atoms with Gasteiger partial charge in [-0.2, -0.15) is 0 Å². The van der Waals surface area contributed by atoms with Crippen LogP contribution < -0.4 is 10.2 Å². The zero-order valence-electron chi connectivity index (χ0n) is 18.8. The highest BCUT2D eigenvalue weighted by Gasteiger charge is 2.26. The topological polar surface area (TPSA) is 61.9 Å². The van der Waals surface area contributed by atoms with Crippen LogP contribution in [0.1, 0.15) is 28.4 Å². The van der Waals surface area contributed by atoms with Gasteiger partial charge in [-0.1, -0.05) is 24.3 Å². The molecule has 0 aliphatic carbocycles. The summed E-state index contributed by atoms with van der Waals surface area (Å²) in [5.41, 5.74) is 4.85. The molecule has 0 radical (unpaired) electrons. The predicted octanol–water partition coefficient (Wildman–Crippen LogP) is 4.20. The molecule has 1 N–H and O–H groups in total. The van der Waals surface area contributed by atoms with Crippen LogP contribution in [0.2, 0.25) is 0 Å². The number of nitrogens with one attached hydrogen (secondary N) is 1. The Hall–Kier alpha value is -2.93. The number of carbonyl (C=O) groups excluding carboxylic acids is 2. The van der Waals surface area contributed by atoms with Crippen molar-refractivity contribution in [1.82, 2.24) is 4.90 Å². The number of anilines is 2. The van der Waals surface area contributed by atoms with Crippen LogP contribution in [0.5, 0.6) is 0 Å². The molecule has 0 saturated carbocycles. The average molecular weight is 452 g/mol. The molecule has 2 aromatic carbocycles. The minimum absolute atomic E-state index is 0.0558. The van der Waals surface area contributed by atoms with Crippen LogP contribution in [0.25, 0.3) is 0 Å². The van der Waals surface area contributed by atoms with E-state index in [2.05, 4.69) is 42.3 Å². The fraction of sp³-hybridized carbons (Fsp3) is 0.360. The van der Waals surface area contributed by atoms with Crippen molar-refractivity contribution >= 4 is 35.0 Å². The summed E-state index contributed by atoms with van der Waals surface area (Å²) in [5.74, 6) is 1.09. The van der Waals surface area contributed by atoms with Gasteiger partial charge in [0, 0.05) is 37.6 Å². The van der Waals surface area contributed by atoms with Crippen molar-refractivity contribution < 1.29 is 14.3 Å². The number of hydrogen-bond acceptors (Lipinski definition) is 5. The van der Waals surface area contributed by atoms with Crippen molar-refractivity contribution in [2.45, 2.75) is 20.8 Å². The normalized spacial score (nSPS) is 16.6. The van der Waals surface area contributed by atoms with E-state index in [-0.39, 0.29) is 11.8 Å². The zero-order chi connectivity index (χ0) is 22.7. The van der Waals surface area contributed by atoms with Crippen LogP contribution in [-0.4, -0.2) is 55.3 Å². The molecular weight excluding hydrogens is 422 g/mol. The largest absolute Gasteiger partial charge is 0.496 e. The summed E-state index contributed by atoms with van der Waals surface area (Å²) < 4.78 is 5.50. The van der Waals surface area contributed by atoms with Crippen molar-refractivity contribution in [1.29, 1.82) is 0 Å². The van der Waals surface area contributed by atoms with E-state index in [9.17, 15) is 9.59 Å². The lowest BCUT2D eigenvalue weighted by atomic mass is 10.1. The highest BCUT2D eigenvalue weighted by Crippen LogP contribution is 2.28. The van der Waals surface area contributed by atoms with Gasteiger partial charge in [-0.25, -0.2) is 0 Å². The Kier molecular flexibility index (Phi) is 6.74. The molecule has 1 fully saturated rings. The smallest absolute Gasteiger partial charge is 0.265 e. The Morgan fingerprint density at radius 2 is 1.72 bits per heavy atom. The van der Waals surface area contributed by atoms with Gasteiger partial charge in [0.05, 0.1) is 17.9 Å². The maximum atomic E-state index is 13.3. The van der Waals surface area contributed by atoms with Gasteiger partial charge in [0.15, 0.2) is 0 Å².